The second kappa shape index (κ2) is 5.88. The van der Waals surface area contributed by atoms with Crippen LogP contribution in [-0.4, -0.2) is 30.2 Å². The molecule has 5 heteroatoms. The van der Waals surface area contributed by atoms with Crippen LogP contribution in [0.1, 0.15) is 13.3 Å². The monoisotopic (exact) mass is 274 g/mol. The van der Waals surface area contributed by atoms with Gasteiger partial charge in [-0.3, -0.25) is 9.78 Å². The van der Waals surface area contributed by atoms with Crippen LogP contribution in [0.3, 0.4) is 0 Å². The Morgan fingerprint density at radius 2 is 2.15 bits per heavy atom. The molecule has 0 bridgehead atoms. The first-order valence-corrected chi connectivity index (χ1v) is 6.38. The molecular formula is C15H18N2O3. The lowest BCUT2D eigenvalue weighted by atomic mass is 10.0. The minimum atomic E-state index is -1.04. The Morgan fingerprint density at radius 1 is 1.35 bits per heavy atom. The van der Waals surface area contributed by atoms with Gasteiger partial charge in [0.15, 0.2) is 0 Å². The third-order valence-electron chi connectivity index (χ3n) is 3.14. The van der Waals surface area contributed by atoms with E-state index in [0.717, 1.165) is 16.7 Å². The number of aromatic nitrogens is 1. The Bertz CT molecular complexity index is 606. The van der Waals surface area contributed by atoms with Crippen molar-refractivity contribution >= 4 is 16.9 Å². The topological polar surface area (TPSA) is 74.4 Å². The summed E-state index contributed by atoms with van der Waals surface area (Å²) in [6, 6.07) is 9.47. The maximum Gasteiger partial charge on any atom is 0.325 e. The molecular weight excluding hydrogens is 256 g/mol. The van der Waals surface area contributed by atoms with Gasteiger partial charge in [0.25, 0.3) is 0 Å². The summed E-state index contributed by atoms with van der Waals surface area (Å²) in [5.41, 5.74) is 5.71. The molecule has 1 heterocycles. The zero-order valence-electron chi connectivity index (χ0n) is 11.6. The summed E-state index contributed by atoms with van der Waals surface area (Å²) in [6.07, 6.45) is 2.11. The van der Waals surface area contributed by atoms with E-state index in [1.807, 2.05) is 30.3 Å². The van der Waals surface area contributed by atoms with Crippen LogP contribution in [-0.2, 0) is 9.53 Å². The maximum absolute atomic E-state index is 11.5. The van der Waals surface area contributed by atoms with Crippen LogP contribution in [0.5, 0.6) is 5.75 Å². The largest absolute Gasteiger partial charge is 0.493 e. The molecule has 2 N–H and O–H groups in total. The number of hydrogen-bond donors (Lipinski definition) is 1. The van der Waals surface area contributed by atoms with Gasteiger partial charge in [-0.1, -0.05) is 6.07 Å². The van der Waals surface area contributed by atoms with Gasteiger partial charge in [-0.2, -0.15) is 0 Å². The molecule has 20 heavy (non-hydrogen) atoms. The van der Waals surface area contributed by atoms with Crippen LogP contribution in [0.4, 0.5) is 0 Å². The zero-order valence-corrected chi connectivity index (χ0v) is 11.6. The number of carbonyl (C=O) groups excluding carboxylic acids is 1. The third-order valence-corrected chi connectivity index (χ3v) is 3.14. The van der Waals surface area contributed by atoms with Crippen LogP contribution in [0.2, 0.25) is 0 Å². The summed E-state index contributed by atoms with van der Waals surface area (Å²) in [6.45, 7) is 1.96. The Kier molecular flexibility index (Phi) is 4.20. The molecule has 1 aromatic carbocycles. The van der Waals surface area contributed by atoms with Gasteiger partial charge in [-0.25, -0.2) is 0 Å². The first-order chi connectivity index (χ1) is 9.54. The molecule has 0 aliphatic rings. The summed E-state index contributed by atoms with van der Waals surface area (Å²) >= 11 is 0. The van der Waals surface area contributed by atoms with Crippen LogP contribution < -0.4 is 10.5 Å². The molecule has 0 aliphatic heterocycles. The summed E-state index contributed by atoms with van der Waals surface area (Å²) in [7, 11) is 1.32. The van der Waals surface area contributed by atoms with E-state index in [-0.39, 0.29) is 0 Å². The number of fused-ring (bicyclic) bond motifs is 1. The zero-order chi connectivity index (χ0) is 14.6. The van der Waals surface area contributed by atoms with Gasteiger partial charge in [0.05, 0.1) is 19.2 Å². The van der Waals surface area contributed by atoms with E-state index in [1.165, 1.54) is 7.11 Å². The van der Waals surface area contributed by atoms with Crippen molar-refractivity contribution in [1.82, 2.24) is 4.98 Å². The second-order valence-corrected chi connectivity index (χ2v) is 4.83. The highest BCUT2D eigenvalue weighted by Crippen LogP contribution is 2.24. The molecule has 0 amide bonds. The normalized spacial score (nSPS) is 13.8. The van der Waals surface area contributed by atoms with Crippen molar-refractivity contribution < 1.29 is 14.3 Å². The summed E-state index contributed by atoms with van der Waals surface area (Å²) < 4.78 is 10.4. The van der Waals surface area contributed by atoms with Gasteiger partial charge in [-0.05, 0) is 31.2 Å². The minimum absolute atomic E-state index is 0.329. The fourth-order valence-electron chi connectivity index (χ4n) is 1.91. The molecule has 0 saturated carbocycles. The molecule has 5 nitrogen and oxygen atoms in total. The molecule has 0 aliphatic carbocycles. The third kappa shape index (κ3) is 3.05. The summed E-state index contributed by atoms with van der Waals surface area (Å²) in [5.74, 6) is 0.289. The Hall–Kier alpha value is -2.14. The van der Waals surface area contributed by atoms with E-state index < -0.39 is 11.5 Å². The molecule has 2 rings (SSSR count). The fourth-order valence-corrected chi connectivity index (χ4v) is 1.91. The van der Waals surface area contributed by atoms with Crippen LogP contribution in [0.25, 0.3) is 10.9 Å². The molecule has 0 saturated heterocycles. The highest BCUT2D eigenvalue weighted by Gasteiger charge is 2.29. The Labute approximate surface area is 117 Å². The number of nitrogens with zero attached hydrogens (tertiary/aromatic N) is 1. The molecule has 106 valence electrons. The fraction of sp³-hybridized carbons (Fsp3) is 0.333. The lowest BCUT2D eigenvalue weighted by molar-refractivity contribution is -0.146. The lowest BCUT2D eigenvalue weighted by Crippen LogP contribution is -2.46. The van der Waals surface area contributed by atoms with Crippen LogP contribution in [0.15, 0.2) is 36.5 Å². The number of carbonyl (C=O) groups is 1. The Morgan fingerprint density at radius 3 is 2.90 bits per heavy atom. The molecule has 1 unspecified atom stereocenters. The predicted octanol–water partition coefficient (Wildman–Crippen LogP) is 1.89. The number of esters is 1. The summed E-state index contributed by atoms with van der Waals surface area (Å²) in [4.78, 5) is 15.7. The van der Waals surface area contributed by atoms with Crippen LogP contribution in [0, 0.1) is 0 Å². The van der Waals surface area contributed by atoms with E-state index in [0.29, 0.717) is 13.0 Å². The lowest BCUT2D eigenvalue weighted by Gasteiger charge is -2.21. The number of ether oxygens (including phenoxy) is 2. The van der Waals surface area contributed by atoms with E-state index in [9.17, 15) is 4.79 Å². The first kappa shape index (κ1) is 14.3. The van der Waals surface area contributed by atoms with Gasteiger partial charge < -0.3 is 15.2 Å². The maximum atomic E-state index is 11.5. The van der Waals surface area contributed by atoms with Crippen molar-refractivity contribution in [2.75, 3.05) is 13.7 Å². The van der Waals surface area contributed by atoms with Gasteiger partial charge in [0, 0.05) is 18.0 Å². The smallest absolute Gasteiger partial charge is 0.325 e. The predicted molar refractivity (Wildman–Crippen MR) is 76.5 cm³/mol. The van der Waals surface area contributed by atoms with Crippen LogP contribution >= 0.6 is 0 Å². The van der Waals surface area contributed by atoms with Crippen molar-refractivity contribution in [2.24, 2.45) is 5.73 Å². The molecule has 0 spiro atoms. The van der Waals surface area contributed by atoms with E-state index in [2.05, 4.69) is 9.72 Å². The summed E-state index contributed by atoms with van der Waals surface area (Å²) in [5, 5.41) is 0.937. The number of methoxy groups -OCH3 is 1. The van der Waals surface area contributed by atoms with E-state index in [4.69, 9.17) is 10.5 Å². The highest BCUT2D eigenvalue weighted by atomic mass is 16.5. The number of pyridine rings is 1. The van der Waals surface area contributed by atoms with Gasteiger partial charge in [0.2, 0.25) is 0 Å². The molecule has 2 aromatic rings. The first-order valence-electron chi connectivity index (χ1n) is 6.38. The average Bonchev–Trinajstić information content (AvgIpc) is 2.46. The van der Waals surface area contributed by atoms with Crippen molar-refractivity contribution in [2.45, 2.75) is 18.9 Å². The Balaban J connectivity index is 2.05. The van der Waals surface area contributed by atoms with Crippen molar-refractivity contribution in [1.29, 1.82) is 0 Å². The second-order valence-electron chi connectivity index (χ2n) is 4.83. The van der Waals surface area contributed by atoms with Crippen molar-refractivity contribution in [3.63, 3.8) is 0 Å². The van der Waals surface area contributed by atoms with Crippen molar-refractivity contribution in [3.8, 4) is 5.75 Å². The van der Waals surface area contributed by atoms with Gasteiger partial charge in [-0.15, -0.1) is 0 Å². The molecule has 0 fully saturated rings. The number of rotatable bonds is 5. The van der Waals surface area contributed by atoms with E-state index >= 15 is 0 Å². The quantitative estimate of drug-likeness (QED) is 0.843. The number of hydrogen-bond acceptors (Lipinski definition) is 5. The van der Waals surface area contributed by atoms with Gasteiger partial charge in [0.1, 0.15) is 11.3 Å². The van der Waals surface area contributed by atoms with Crippen molar-refractivity contribution in [3.05, 3.63) is 36.5 Å². The van der Waals surface area contributed by atoms with E-state index in [1.54, 1.807) is 13.1 Å². The molecule has 0 radical (unpaired) electrons. The number of nitrogens with two attached hydrogens (primary N) is 1. The number of benzene rings is 1. The molecule has 1 atom stereocenters. The standard InChI is InChI=1S/C15H18N2O3/c1-15(16,14(18)19-2)8-10-20-13-7-3-6-12-11(13)5-4-9-17-12/h3-7,9H,8,10,16H2,1-2H3. The van der Waals surface area contributed by atoms with Gasteiger partial charge >= 0.3 is 5.97 Å². The average molecular weight is 274 g/mol. The SMILES string of the molecule is COC(=O)C(C)(N)CCOc1cccc2ncccc12. The molecule has 1 aromatic heterocycles. The minimum Gasteiger partial charge on any atom is -0.493 e. The highest BCUT2D eigenvalue weighted by molar-refractivity contribution is 5.84.